The second-order valence-electron chi connectivity index (χ2n) is 7.06. The fraction of sp³-hybridized carbons (Fsp3) is 0.429. The van der Waals surface area contributed by atoms with Crippen molar-refractivity contribution < 1.29 is 19.3 Å². The molecule has 3 unspecified atom stereocenters. The Morgan fingerprint density at radius 1 is 1.11 bits per heavy atom. The molecule has 6 heteroatoms. The second kappa shape index (κ2) is 7.29. The molecule has 0 aliphatic carbocycles. The smallest absolute Gasteiger partial charge is 0.161 e. The summed E-state index contributed by atoms with van der Waals surface area (Å²) < 4.78 is 16.8. The van der Waals surface area contributed by atoms with Crippen molar-refractivity contribution in [3.05, 3.63) is 47.0 Å². The van der Waals surface area contributed by atoms with Gasteiger partial charge in [0.15, 0.2) is 11.5 Å². The van der Waals surface area contributed by atoms with Crippen molar-refractivity contribution in [2.75, 3.05) is 20.3 Å². The molecule has 144 valence electrons. The number of aryl methyl sites for hydroxylation is 1. The van der Waals surface area contributed by atoms with Gasteiger partial charge in [-0.05, 0) is 42.7 Å². The minimum atomic E-state index is -0.0706. The minimum absolute atomic E-state index is 0.0706. The van der Waals surface area contributed by atoms with Gasteiger partial charge in [-0.3, -0.25) is 5.43 Å². The van der Waals surface area contributed by atoms with E-state index in [0.29, 0.717) is 19.0 Å². The summed E-state index contributed by atoms with van der Waals surface area (Å²) >= 11 is 0. The second-order valence-corrected chi connectivity index (χ2v) is 7.06. The maximum Gasteiger partial charge on any atom is 0.161 e. The summed E-state index contributed by atoms with van der Waals surface area (Å²) in [6.45, 7) is 5.36. The van der Waals surface area contributed by atoms with Crippen LogP contribution in [0.25, 0.3) is 0 Å². The van der Waals surface area contributed by atoms with Crippen molar-refractivity contribution in [1.82, 2.24) is 10.9 Å². The highest BCUT2D eigenvalue weighted by Crippen LogP contribution is 2.44. The number of rotatable bonds is 4. The molecular weight excluding hydrogens is 344 g/mol. The molecule has 0 spiro atoms. The van der Waals surface area contributed by atoms with Gasteiger partial charge < -0.3 is 19.3 Å². The van der Waals surface area contributed by atoms with Gasteiger partial charge in [-0.25, -0.2) is 5.43 Å². The number of hydrogen-bond acceptors (Lipinski definition) is 6. The van der Waals surface area contributed by atoms with E-state index in [4.69, 9.17) is 14.2 Å². The molecule has 0 radical (unpaired) electrons. The molecule has 0 amide bonds. The Morgan fingerprint density at radius 2 is 1.89 bits per heavy atom. The number of fused-ring (bicyclic) bond motifs is 1. The van der Waals surface area contributed by atoms with E-state index in [1.807, 2.05) is 12.1 Å². The van der Waals surface area contributed by atoms with Crippen LogP contribution in [-0.2, 0) is 6.42 Å². The highest BCUT2D eigenvalue weighted by atomic mass is 16.6. The predicted molar refractivity (Wildman–Crippen MR) is 103 cm³/mol. The van der Waals surface area contributed by atoms with Crippen LogP contribution in [-0.4, -0.2) is 31.5 Å². The zero-order valence-corrected chi connectivity index (χ0v) is 15.9. The molecule has 2 aliphatic heterocycles. The Morgan fingerprint density at radius 3 is 2.63 bits per heavy atom. The van der Waals surface area contributed by atoms with Crippen LogP contribution in [0.5, 0.6) is 23.0 Å². The van der Waals surface area contributed by atoms with Gasteiger partial charge in [-0.1, -0.05) is 13.0 Å². The summed E-state index contributed by atoms with van der Waals surface area (Å²) in [5.74, 6) is 2.65. The molecule has 0 saturated carbocycles. The molecule has 2 aromatic rings. The standard InChI is InChI=1S/C21H26N2O4/c1-4-13-9-15(16(24)11-18(13)25-3)21-20(12(2)22-23-21)14-5-6-17-19(10-14)27-8-7-26-17/h5-6,9-12,20-24H,4,7-8H2,1-3H3. The first-order valence-electron chi connectivity index (χ1n) is 9.42. The molecule has 0 aromatic heterocycles. The number of ether oxygens (including phenoxy) is 3. The van der Waals surface area contributed by atoms with Crippen LogP contribution in [0.15, 0.2) is 30.3 Å². The molecule has 1 fully saturated rings. The Labute approximate surface area is 159 Å². The van der Waals surface area contributed by atoms with Gasteiger partial charge in [0.25, 0.3) is 0 Å². The molecular formula is C21H26N2O4. The first-order valence-corrected chi connectivity index (χ1v) is 9.42. The fourth-order valence-corrected chi connectivity index (χ4v) is 4.06. The zero-order chi connectivity index (χ0) is 19.0. The molecule has 4 rings (SSSR count). The lowest BCUT2D eigenvalue weighted by molar-refractivity contribution is 0.171. The average molecular weight is 370 g/mol. The molecule has 27 heavy (non-hydrogen) atoms. The number of hydrogen-bond donors (Lipinski definition) is 3. The van der Waals surface area contributed by atoms with Crippen molar-refractivity contribution in [2.45, 2.75) is 38.3 Å². The number of aromatic hydroxyl groups is 1. The van der Waals surface area contributed by atoms with Gasteiger partial charge in [0.05, 0.1) is 13.2 Å². The number of nitrogens with one attached hydrogen (secondary N) is 2. The Bertz CT molecular complexity index is 839. The number of phenols is 1. The monoisotopic (exact) mass is 370 g/mol. The van der Waals surface area contributed by atoms with Crippen LogP contribution in [0.2, 0.25) is 0 Å². The number of hydrazine groups is 1. The van der Waals surface area contributed by atoms with E-state index in [1.165, 1.54) is 0 Å². The molecule has 0 bridgehead atoms. The Balaban J connectivity index is 1.73. The molecule has 2 aromatic carbocycles. The Kier molecular flexibility index (Phi) is 4.85. The molecule has 6 nitrogen and oxygen atoms in total. The number of benzene rings is 2. The van der Waals surface area contributed by atoms with E-state index in [9.17, 15) is 5.11 Å². The van der Waals surface area contributed by atoms with Gasteiger partial charge >= 0.3 is 0 Å². The van der Waals surface area contributed by atoms with Crippen LogP contribution < -0.4 is 25.1 Å². The highest BCUT2D eigenvalue weighted by Gasteiger charge is 2.37. The third-order valence-electron chi connectivity index (χ3n) is 5.46. The van der Waals surface area contributed by atoms with Crippen molar-refractivity contribution in [3.8, 4) is 23.0 Å². The molecule has 1 saturated heterocycles. The van der Waals surface area contributed by atoms with Crippen molar-refractivity contribution in [1.29, 1.82) is 0 Å². The van der Waals surface area contributed by atoms with E-state index in [-0.39, 0.29) is 23.8 Å². The van der Waals surface area contributed by atoms with Crippen LogP contribution >= 0.6 is 0 Å². The quantitative estimate of drug-likeness (QED) is 0.768. The SMILES string of the molecule is CCc1cc(C2NNC(C)C2c2ccc3c(c2)OCCO3)c(O)cc1OC. The average Bonchev–Trinajstić information content (AvgIpc) is 3.08. The summed E-state index contributed by atoms with van der Waals surface area (Å²) in [6, 6.07) is 9.96. The Hall–Kier alpha value is -2.44. The van der Waals surface area contributed by atoms with E-state index in [2.05, 4.69) is 36.8 Å². The summed E-state index contributed by atoms with van der Waals surface area (Å²) in [7, 11) is 1.63. The van der Waals surface area contributed by atoms with Crippen LogP contribution in [0, 0.1) is 0 Å². The molecule has 2 aliphatic rings. The normalized spacial score (nSPS) is 24.0. The topological polar surface area (TPSA) is 72.0 Å². The van der Waals surface area contributed by atoms with Gasteiger partial charge in [-0.15, -0.1) is 0 Å². The van der Waals surface area contributed by atoms with Crippen LogP contribution in [0.3, 0.4) is 0 Å². The number of phenolic OH excluding ortho intramolecular Hbond substituents is 1. The van der Waals surface area contributed by atoms with Crippen LogP contribution in [0.4, 0.5) is 0 Å². The fourth-order valence-electron chi connectivity index (χ4n) is 4.06. The van der Waals surface area contributed by atoms with Gasteiger partial charge in [0.1, 0.15) is 24.7 Å². The number of methoxy groups -OCH3 is 1. The van der Waals surface area contributed by atoms with E-state index in [1.54, 1.807) is 13.2 Å². The maximum atomic E-state index is 10.7. The van der Waals surface area contributed by atoms with Crippen LogP contribution in [0.1, 0.15) is 42.5 Å². The van der Waals surface area contributed by atoms with Crippen molar-refractivity contribution >= 4 is 0 Å². The van der Waals surface area contributed by atoms with E-state index >= 15 is 0 Å². The lowest BCUT2D eigenvalue weighted by Gasteiger charge is -2.25. The van der Waals surface area contributed by atoms with E-state index in [0.717, 1.165) is 34.6 Å². The maximum absolute atomic E-state index is 10.7. The van der Waals surface area contributed by atoms with Gasteiger partial charge in [0.2, 0.25) is 0 Å². The summed E-state index contributed by atoms with van der Waals surface area (Å²) in [6.07, 6.45) is 0.834. The molecule has 2 heterocycles. The summed E-state index contributed by atoms with van der Waals surface area (Å²) in [4.78, 5) is 0. The van der Waals surface area contributed by atoms with Gasteiger partial charge in [-0.2, -0.15) is 0 Å². The first-order chi connectivity index (χ1) is 13.1. The minimum Gasteiger partial charge on any atom is -0.507 e. The third kappa shape index (κ3) is 3.19. The largest absolute Gasteiger partial charge is 0.507 e. The predicted octanol–water partition coefficient (Wildman–Crippen LogP) is 3.06. The molecule has 3 atom stereocenters. The first kappa shape index (κ1) is 17.9. The highest BCUT2D eigenvalue weighted by molar-refractivity contribution is 5.50. The lowest BCUT2D eigenvalue weighted by atomic mass is 9.83. The van der Waals surface area contributed by atoms with Gasteiger partial charge in [0, 0.05) is 23.6 Å². The van der Waals surface area contributed by atoms with Crippen molar-refractivity contribution in [3.63, 3.8) is 0 Å². The third-order valence-corrected chi connectivity index (χ3v) is 5.46. The summed E-state index contributed by atoms with van der Waals surface area (Å²) in [5, 5.41) is 10.7. The van der Waals surface area contributed by atoms with Crippen molar-refractivity contribution in [2.24, 2.45) is 0 Å². The zero-order valence-electron chi connectivity index (χ0n) is 15.9. The molecule has 3 N–H and O–H groups in total. The lowest BCUT2D eigenvalue weighted by Crippen LogP contribution is -2.29. The summed E-state index contributed by atoms with van der Waals surface area (Å²) in [5.41, 5.74) is 9.77. The van der Waals surface area contributed by atoms with E-state index < -0.39 is 0 Å².